The van der Waals surface area contributed by atoms with Gasteiger partial charge in [0.2, 0.25) is 5.91 Å². The van der Waals surface area contributed by atoms with Crippen molar-refractivity contribution in [3.8, 4) is 0 Å². The van der Waals surface area contributed by atoms with Gasteiger partial charge in [-0.05, 0) is 19.8 Å². The molecule has 2 aliphatic rings. The lowest BCUT2D eigenvalue weighted by molar-refractivity contribution is -0.123. The largest absolute Gasteiger partial charge is 0.361 e. The predicted molar refractivity (Wildman–Crippen MR) is 92.6 cm³/mol. The van der Waals surface area contributed by atoms with Gasteiger partial charge in [-0.15, -0.1) is 0 Å². The molecule has 0 radical (unpaired) electrons. The van der Waals surface area contributed by atoms with Crippen LogP contribution in [-0.4, -0.2) is 59.6 Å². The second-order valence-corrected chi connectivity index (χ2v) is 7.24. The topological polar surface area (TPSA) is 61.6 Å². The smallest absolute Gasteiger partial charge is 0.234 e. The highest BCUT2D eigenvalue weighted by Gasteiger charge is 2.21. The minimum absolute atomic E-state index is 0.197. The van der Waals surface area contributed by atoms with Gasteiger partial charge in [-0.25, -0.2) is 0 Å². The molecule has 134 valence electrons. The van der Waals surface area contributed by atoms with Crippen LogP contribution in [0.15, 0.2) is 10.6 Å². The van der Waals surface area contributed by atoms with E-state index in [9.17, 15) is 4.79 Å². The summed E-state index contributed by atoms with van der Waals surface area (Å²) >= 11 is 0. The van der Waals surface area contributed by atoms with Crippen LogP contribution in [0.5, 0.6) is 0 Å². The fourth-order valence-electron chi connectivity index (χ4n) is 3.73. The molecule has 0 bridgehead atoms. The van der Waals surface area contributed by atoms with Crippen molar-refractivity contribution in [2.75, 3.05) is 32.7 Å². The first-order chi connectivity index (χ1) is 11.7. The van der Waals surface area contributed by atoms with Crippen molar-refractivity contribution in [1.82, 2.24) is 20.3 Å². The maximum Gasteiger partial charge on any atom is 0.234 e. The number of carbonyl (C=O) groups excluding carboxylic acids is 1. The van der Waals surface area contributed by atoms with Gasteiger partial charge in [0.15, 0.2) is 0 Å². The molecule has 1 aromatic heterocycles. The quantitative estimate of drug-likeness (QED) is 0.834. The highest BCUT2D eigenvalue weighted by Crippen LogP contribution is 2.17. The van der Waals surface area contributed by atoms with Crippen LogP contribution < -0.4 is 5.32 Å². The van der Waals surface area contributed by atoms with Gasteiger partial charge in [0.05, 0.1) is 12.2 Å². The summed E-state index contributed by atoms with van der Waals surface area (Å²) in [5.74, 6) is 1.06. The Bertz CT molecular complexity index is 515. The monoisotopic (exact) mass is 334 g/mol. The zero-order valence-corrected chi connectivity index (χ0v) is 14.8. The van der Waals surface area contributed by atoms with E-state index in [2.05, 4.69) is 20.3 Å². The Hall–Kier alpha value is -1.40. The second-order valence-electron chi connectivity index (χ2n) is 7.24. The number of nitrogens with one attached hydrogen (secondary N) is 1. The van der Waals surface area contributed by atoms with E-state index in [1.54, 1.807) is 0 Å². The molecule has 1 aliphatic heterocycles. The molecule has 24 heavy (non-hydrogen) atoms. The summed E-state index contributed by atoms with van der Waals surface area (Å²) < 4.78 is 5.12. The fourth-order valence-corrected chi connectivity index (χ4v) is 3.73. The van der Waals surface area contributed by atoms with Gasteiger partial charge in [-0.1, -0.05) is 30.8 Å². The van der Waals surface area contributed by atoms with Crippen LogP contribution in [-0.2, 0) is 11.3 Å². The van der Waals surface area contributed by atoms with Crippen molar-refractivity contribution in [3.63, 3.8) is 0 Å². The number of hydrogen-bond acceptors (Lipinski definition) is 5. The van der Waals surface area contributed by atoms with Crippen molar-refractivity contribution in [1.29, 1.82) is 0 Å². The molecule has 2 fully saturated rings. The van der Waals surface area contributed by atoms with E-state index in [0.717, 1.165) is 57.0 Å². The molecule has 1 aliphatic carbocycles. The maximum atomic E-state index is 12.3. The molecule has 1 N–H and O–H groups in total. The molecule has 1 aromatic rings. The number of aromatic nitrogens is 1. The molecule has 1 saturated carbocycles. The number of amides is 1. The van der Waals surface area contributed by atoms with Crippen molar-refractivity contribution in [3.05, 3.63) is 17.5 Å². The van der Waals surface area contributed by atoms with Crippen molar-refractivity contribution in [2.24, 2.45) is 0 Å². The van der Waals surface area contributed by atoms with Crippen LogP contribution >= 0.6 is 0 Å². The third kappa shape index (κ3) is 5.31. The molecule has 0 spiro atoms. The van der Waals surface area contributed by atoms with Crippen LogP contribution in [0.1, 0.15) is 50.0 Å². The van der Waals surface area contributed by atoms with Gasteiger partial charge < -0.3 is 9.84 Å². The third-order valence-electron chi connectivity index (χ3n) is 5.11. The Balaban J connectivity index is 1.36. The Morgan fingerprint density at radius 2 is 1.83 bits per heavy atom. The van der Waals surface area contributed by atoms with Crippen LogP contribution in [0, 0.1) is 6.92 Å². The van der Waals surface area contributed by atoms with E-state index in [1.165, 1.54) is 25.7 Å². The van der Waals surface area contributed by atoms with Crippen molar-refractivity contribution >= 4 is 5.91 Å². The molecule has 0 unspecified atom stereocenters. The average molecular weight is 334 g/mol. The summed E-state index contributed by atoms with van der Waals surface area (Å²) in [5.41, 5.74) is 0.993. The number of carbonyl (C=O) groups is 1. The Morgan fingerprint density at radius 1 is 1.17 bits per heavy atom. The molecular weight excluding hydrogens is 304 g/mol. The second kappa shape index (κ2) is 8.62. The molecule has 1 saturated heterocycles. The lowest BCUT2D eigenvalue weighted by Crippen LogP contribution is -2.50. The number of nitrogens with zero attached hydrogens (tertiary/aromatic N) is 3. The summed E-state index contributed by atoms with van der Waals surface area (Å²) in [6, 6.07) is 2.39. The molecule has 6 heteroatoms. The van der Waals surface area contributed by atoms with Crippen LogP contribution in [0.2, 0.25) is 0 Å². The van der Waals surface area contributed by atoms with E-state index in [4.69, 9.17) is 4.52 Å². The highest BCUT2D eigenvalue weighted by atomic mass is 16.5. The first-order valence-electron chi connectivity index (χ1n) is 9.35. The zero-order chi connectivity index (χ0) is 16.8. The minimum Gasteiger partial charge on any atom is -0.361 e. The van der Waals surface area contributed by atoms with Gasteiger partial charge in [-0.3, -0.25) is 14.6 Å². The van der Waals surface area contributed by atoms with Gasteiger partial charge in [-0.2, -0.15) is 0 Å². The maximum absolute atomic E-state index is 12.3. The van der Waals surface area contributed by atoms with Crippen LogP contribution in [0.25, 0.3) is 0 Å². The molecular formula is C18H30N4O2. The van der Waals surface area contributed by atoms with Gasteiger partial charge in [0, 0.05) is 44.8 Å². The van der Waals surface area contributed by atoms with Gasteiger partial charge in [0.25, 0.3) is 0 Å². The van der Waals surface area contributed by atoms with E-state index in [1.807, 2.05) is 13.0 Å². The molecule has 6 nitrogen and oxygen atoms in total. The standard InChI is InChI=1S/C18H30N4O2/c1-15-12-17(20-24-15)13-21-8-10-22(11-9-21)14-18(23)19-16-6-4-2-3-5-7-16/h12,16H,2-11,13-14H2,1H3,(H,19,23). The lowest BCUT2D eigenvalue weighted by atomic mass is 10.1. The number of rotatable bonds is 5. The van der Waals surface area contributed by atoms with E-state index >= 15 is 0 Å². The van der Waals surface area contributed by atoms with Crippen molar-refractivity contribution in [2.45, 2.75) is 58.0 Å². The third-order valence-corrected chi connectivity index (χ3v) is 5.11. The lowest BCUT2D eigenvalue weighted by Gasteiger charge is -2.34. The predicted octanol–water partition coefficient (Wildman–Crippen LogP) is 1.94. The zero-order valence-electron chi connectivity index (χ0n) is 14.8. The molecule has 3 rings (SSSR count). The van der Waals surface area contributed by atoms with Gasteiger partial charge >= 0.3 is 0 Å². The highest BCUT2D eigenvalue weighted by molar-refractivity contribution is 5.78. The first kappa shape index (κ1) is 17.4. The number of piperazine rings is 1. The number of hydrogen-bond donors (Lipinski definition) is 1. The van der Waals surface area contributed by atoms with E-state index in [-0.39, 0.29) is 5.91 Å². The molecule has 0 aromatic carbocycles. The molecule has 0 atom stereocenters. The fraction of sp³-hybridized carbons (Fsp3) is 0.778. The van der Waals surface area contributed by atoms with E-state index in [0.29, 0.717) is 12.6 Å². The molecule has 1 amide bonds. The Kier molecular flexibility index (Phi) is 6.26. The SMILES string of the molecule is Cc1cc(CN2CCN(CC(=O)NC3CCCCCC3)CC2)no1. The number of aryl methyl sites for hydroxylation is 1. The summed E-state index contributed by atoms with van der Waals surface area (Å²) in [6.45, 7) is 7.11. The molecule has 2 heterocycles. The average Bonchev–Trinajstić information content (AvgIpc) is 2.81. The Labute approximate surface area is 144 Å². The first-order valence-corrected chi connectivity index (χ1v) is 9.35. The summed E-state index contributed by atoms with van der Waals surface area (Å²) in [6.07, 6.45) is 7.45. The minimum atomic E-state index is 0.197. The summed E-state index contributed by atoms with van der Waals surface area (Å²) in [7, 11) is 0. The van der Waals surface area contributed by atoms with E-state index < -0.39 is 0 Å². The van der Waals surface area contributed by atoms with Crippen LogP contribution in [0.3, 0.4) is 0 Å². The van der Waals surface area contributed by atoms with Crippen LogP contribution in [0.4, 0.5) is 0 Å². The van der Waals surface area contributed by atoms with Crippen molar-refractivity contribution < 1.29 is 9.32 Å². The van der Waals surface area contributed by atoms with Gasteiger partial charge in [0.1, 0.15) is 5.76 Å². The normalized spacial score (nSPS) is 21.5. The Morgan fingerprint density at radius 3 is 2.46 bits per heavy atom. The summed E-state index contributed by atoms with van der Waals surface area (Å²) in [4.78, 5) is 16.9. The summed E-state index contributed by atoms with van der Waals surface area (Å²) in [5, 5.41) is 7.30.